The number of aliphatic hydroxyl groups excluding tert-OH is 1. The molecule has 2 atom stereocenters. The lowest BCUT2D eigenvalue weighted by Crippen LogP contribution is -2.50. The van der Waals surface area contributed by atoms with E-state index in [0.29, 0.717) is 18.5 Å². The van der Waals surface area contributed by atoms with Crippen molar-refractivity contribution in [3.05, 3.63) is 93.5 Å². The zero-order valence-electron chi connectivity index (χ0n) is 21.6. The zero-order valence-corrected chi connectivity index (χ0v) is 21.6. The van der Waals surface area contributed by atoms with Crippen molar-refractivity contribution in [2.75, 3.05) is 13.2 Å². The smallest absolute Gasteiger partial charge is 0.328 e. The predicted octanol–water partition coefficient (Wildman–Crippen LogP) is 3.68. The van der Waals surface area contributed by atoms with Crippen molar-refractivity contribution < 1.29 is 29.5 Å². The van der Waals surface area contributed by atoms with Crippen LogP contribution in [-0.4, -0.2) is 57.1 Å². The second-order valence-electron chi connectivity index (χ2n) is 9.51. The molecule has 1 aliphatic rings. The lowest BCUT2D eigenvalue weighted by molar-refractivity contribution is -0.386. The van der Waals surface area contributed by atoms with Crippen LogP contribution in [0.5, 0.6) is 5.75 Å². The number of carboxylic acids is 1. The molecule has 10 nitrogen and oxygen atoms in total. The molecule has 0 bridgehead atoms. The maximum atomic E-state index is 12.7. The first kappa shape index (κ1) is 27.7. The molecule has 1 amide bonds. The topological polar surface area (TPSA) is 142 Å². The Kier molecular flexibility index (Phi) is 8.90. The van der Waals surface area contributed by atoms with Crippen molar-refractivity contribution in [1.82, 2.24) is 10.2 Å². The summed E-state index contributed by atoms with van der Waals surface area (Å²) in [5.74, 6) is -1.66. The summed E-state index contributed by atoms with van der Waals surface area (Å²) >= 11 is 0. The quantitative estimate of drug-likeness (QED) is 0.250. The third-order valence-electron chi connectivity index (χ3n) is 6.98. The summed E-state index contributed by atoms with van der Waals surface area (Å²) in [5, 5.41) is 32.6. The summed E-state index contributed by atoms with van der Waals surface area (Å²) < 4.78 is 5.92. The predicted molar refractivity (Wildman–Crippen MR) is 144 cm³/mol. The molecule has 4 rings (SSSR count). The number of aliphatic carboxylic acids is 1. The molecule has 0 spiro atoms. The highest BCUT2D eigenvalue weighted by atomic mass is 16.6. The summed E-state index contributed by atoms with van der Waals surface area (Å²) in [6.45, 7) is 2.31. The van der Waals surface area contributed by atoms with Gasteiger partial charge in [-0.3, -0.25) is 19.8 Å². The molecule has 0 aromatic heterocycles. The molecular formula is C29H31N3O7. The van der Waals surface area contributed by atoms with E-state index < -0.39 is 35.5 Å². The number of nitrogens with zero attached hydrogens (tertiary/aromatic N) is 2. The number of benzene rings is 3. The summed E-state index contributed by atoms with van der Waals surface area (Å²) in [6.07, 6.45) is 1.24. The van der Waals surface area contributed by atoms with Gasteiger partial charge in [-0.05, 0) is 60.2 Å². The molecule has 1 fully saturated rings. The van der Waals surface area contributed by atoms with E-state index in [1.165, 1.54) is 6.07 Å². The van der Waals surface area contributed by atoms with E-state index in [1.54, 1.807) is 12.1 Å². The van der Waals surface area contributed by atoms with Crippen molar-refractivity contribution >= 4 is 17.6 Å². The Bertz CT molecular complexity index is 1350. The molecular weight excluding hydrogens is 502 g/mol. The highest BCUT2D eigenvalue weighted by Gasteiger charge is 2.33. The van der Waals surface area contributed by atoms with Gasteiger partial charge in [0.1, 0.15) is 12.6 Å². The number of hydrogen-bond donors (Lipinski definition) is 3. The van der Waals surface area contributed by atoms with Crippen LogP contribution in [0, 0.1) is 17.0 Å². The van der Waals surface area contributed by atoms with E-state index in [0.717, 1.165) is 28.7 Å². The van der Waals surface area contributed by atoms with Crippen molar-refractivity contribution in [2.45, 2.75) is 45.0 Å². The number of nitrogens with one attached hydrogen (secondary N) is 1. The lowest BCUT2D eigenvalue weighted by atomic mass is 9.97. The maximum Gasteiger partial charge on any atom is 0.328 e. The number of rotatable bonds is 11. The Labute approximate surface area is 226 Å². The van der Waals surface area contributed by atoms with Crippen LogP contribution >= 0.6 is 0 Å². The summed E-state index contributed by atoms with van der Waals surface area (Å²) in [5.41, 5.74) is 4.56. The average Bonchev–Trinajstić information content (AvgIpc) is 3.40. The first-order chi connectivity index (χ1) is 18.8. The van der Waals surface area contributed by atoms with Gasteiger partial charge in [0.05, 0.1) is 17.6 Å². The van der Waals surface area contributed by atoms with Gasteiger partial charge in [0.2, 0.25) is 5.91 Å². The Hall–Kier alpha value is -4.28. The fourth-order valence-corrected chi connectivity index (χ4v) is 4.85. The van der Waals surface area contributed by atoms with Gasteiger partial charge in [-0.2, -0.15) is 0 Å². The molecule has 3 N–H and O–H groups in total. The second-order valence-corrected chi connectivity index (χ2v) is 9.51. The molecule has 3 aromatic carbocycles. The molecule has 204 valence electrons. The number of aliphatic hydroxyl groups is 1. The number of carbonyl (C=O) groups is 2. The minimum absolute atomic E-state index is 0.149. The number of likely N-dealkylation sites (tertiary alicyclic amines) is 1. The van der Waals surface area contributed by atoms with Crippen LogP contribution in [0.1, 0.15) is 29.5 Å². The molecule has 0 aliphatic carbocycles. The van der Waals surface area contributed by atoms with Crippen LogP contribution in [0.25, 0.3) is 11.1 Å². The molecule has 0 saturated carbocycles. The van der Waals surface area contributed by atoms with Gasteiger partial charge in [-0.15, -0.1) is 0 Å². The Morgan fingerprint density at radius 2 is 1.92 bits per heavy atom. The van der Waals surface area contributed by atoms with Crippen molar-refractivity contribution in [3.8, 4) is 16.9 Å². The highest BCUT2D eigenvalue weighted by Crippen LogP contribution is 2.32. The van der Waals surface area contributed by atoms with Gasteiger partial charge in [0.15, 0.2) is 5.75 Å². The van der Waals surface area contributed by atoms with Gasteiger partial charge in [-0.25, -0.2) is 4.79 Å². The van der Waals surface area contributed by atoms with Crippen molar-refractivity contribution in [2.24, 2.45) is 0 Å². The first-order valence-corrected chi connectivity index (χ1v) is 12.7. The number of carboxylic acid groups (broad SMARTS) is 1. The number of hydrogen-bond acceptors (Lipinski definition) is 7. The van der Waals surface area contributed by atoms with Crippen LogP contribution in [0.3, 0.4) is 0 Å². The number of nitro groups is 1. The summed E-state index contributed by atoms with van der Waals surface area (Å²) in [7, 11) is 0. The maximum absolute atomic E-state index is 12.7. The van der Waals surface area contributed by atoms with Crippen molar-refractivity contribution in [1.29, 1.82) is 0 Å². The van der Waals surface area contributed by atoms with E-state index in [9.17, 15) is 24.8 Å². The monoisotopic (exact) mass is 533 g/mol. The third kappa shape index (κ3) is 6.60. The minimum Gasteiger partial charge on any atom is -0.482 e. The molecule has 1 heterocycles. The molecule has 3 aromatic rings. The van der Waals surface area contributed by atoms with Gasteiger partial charge < -0.3 is 20.3 Å². The zero-order chi connectivity index (χ0) is 27.9. The fraction of sp³-hybridized carbons (Fsp3) is 0.310. The Morgan fingerprint density at radius 3 is 2.62 bits per heavy atom. The fourth-order valence-electron chi connectivity index (χ4n) is 4.85. The minimum atomic E-state index is -1.38. The number of ether oxygens (including phenoxy) is 1. The average molecular weight is 534 g/mol. The van der Waals surface area contributed by atoms with E-state index in [1.807, 2.05) is 60.4 Å². The van der Waals surface area contributed by atoms with Gasteiger partial charge in [0.25, 0.3) is 0 Å². The van der Waals surface area contributed by atoms with Crippen LogP contribution < -0.4 is 10.1 Å². The molecule has 1 saturated heterocycles. The van der Waals surface area contributed by atoms with Gasteiger partial charge >= 0.3 is 11.7 Å². The van der Waals surface area contributed by atoms with Crippen molar-refractivity contribution in [3.63, 3.8) is 0 Å². The summed E-state index contributed by atoms with van der Waals surface area (Å²) in [6, 6.07) is 18.7. The van der Waals surface area contributed by atoms with Crippen LogP contribution in [0.15, 0.2) is 66.7 Å². The van der Waals surface area contributed by atoms with E-state index >= 15 is 0 Å². The standard InChI is InChI=1S/C29H31N3O7/c1-19-22(9-5-10-23(19)21-7-3-2-4-8-21)18-39-27-13-12-20(15-26(27)32(37)38)16-31-14-6-11-25(31)28(34)30-24(17-33)29(35)36/h2-5,7-10,12-13,15,24-25,33H,6,11,14,16-18H2,1H3,(H,30,34)(H,35,36)/t24-,25-/m0/s1. The largest absolute Gasteiger partial charge is 0.482 e. The first-order valence-electron chi connectivity index (χ1n) is 12.7. The van der Waals surface area contributed by atoms with Crippen LogP contribution in [0.4, 0.5) is 5.69 Å². The van der Waals surface area contributed by atoms with Crippen LogP contribution in [-0.2, 0) is 22.7 Å². The SMILES string of the molecule is Cc1c(COc2ccc(CN3CCC[C@H]3C(=O)N[C@@H](CO)C(=O)O)cc2[N+](=O)[O-])cccc1-c1ccccc1. The molecule has 10 heteroatoms. The van der Waals surface area contributed by atoms with E-state index in [4.69, 9.17) is 9.84 Å². The van der Waals surface area contributed by atoms with E-state index in [-0.39, 0.29) is 24.6 Å². The number of amides is 1. The van der Waals surface area contributed by atoms with Gasteiger partial charge in [0, 0.05) is 12.6 Å². The van der Waals surface area contributed by atoms with Gasteiger partial charge in [-0.1, -0.05) is 54.6 Å². The number of nitro benzene ring substituents is 1. The lowest BCUT2D eigenvalue weighted by Gasteiger charge is -2.25. The normalized spacial score (nSPS) is 16.0. The Balaban J connectivity index is 1.47. The van der Waals surface area contributed by atoms with E-state index in [2.05, 4.69) is 5.32 Å². The van der Waals surface area contributed by atoms with Crippen LogP contribution in [0.2, 0.25) is 0 Å². The number of carbonyl (C=O) groups excluding carboxylic acids is 1. The third-order valence-corrected chi connectivity index (χ3v) is 6.98. The second kappa shape index (κ2) is 12.5. The molecule has 39 heavy (non-hydrogen) atoms. The molecule has 0 unspecified atom stereocenters. The Morgan fingerprint density at radius 1 is 1.15 bits per heavy atom. The highest BCUT2D eigenvalue weighted by molar-refractivity contribution is 5.87. The molecule has 0 radical (unpaired) electrons. The molecule has 1 aliphatic heterocycles. The summed E-state index contributed by atoms with van der Waals surface area (Å²) in [4.78, 5) is 37.1.